The molecule has 114 valence electrons. The second kappa shape index (κ2) is 6.45. The molecule has 2 amide bonds. The summed E-state index contributed by atoms with van der Waals surface area (Å²) in [6.07, 6.45) is -0.0174. The summed E-state index contributed by atoms with van der Waals surface area (Å²) in [6.45, 7) is 0.851. The van der Waals surface area contributed by atoms with E-state index in [-0.39, 0.29) is 13.0 Å². The first-order valence-electron chi connectivity index (χ1n) is 6.76. The van der Waals surface area contributed by atoms with Crippen LogP contribution in [-0.4, -0.2) is 55.0 Å². The quantitative estimate of drug-likeness (QED) is 0.751. The van der Waals surface area contributed by atoms with Gasteiger partial charge < -0.3 is 20.4 Å². The minimum Gasteiger partial charge on any atom is -0.480 e. The zero-order valence-electron chi connectivity index (χ0n) is 11.8. The molecule has 7 heteroatoms. The molecule has 0 fully saturated rings. The lowest BCUT2D eigenvalue weighted by Gasteiger charge is -2.36. The lowest BCUT2D eigenvalue weighted by Crippen LogP contribution is -2.52. The second-order valence-electron chi connectivity index (χ2n) is 4.91. The first-order chi connectivity index (χ1) is 10.0. The number of carbonyl (C=O) groups is 2. The Labute approximate surface area is 122 Å². The lowest BCUT2D eigenvalue weighted by atomic mass is 10.1. The molecule has 0 radical (unpaired) electrons. The van der Waals surface area contributed by atoms with Gasteiger partial charge in [-0.15, -0.1) is 0 Å². The first-order valence-corrected chi connectivity index (χ1v) is 6.76. The Bertz CT molecular complexity index is 535. The number of aliphatic hydroxyl groups excluding tert-OH is 1. The fourth-order valence-electron chi connectivity index (χ4n) is 2.33. The van der Waals surface area contributed by atoms with E-state index in [0.29, 0.717) is 13.1 Å². The van der Waals surface area contributed by atoms with Gasteiger partial charge in [-0.1, -0.05) is 12.1 Å². The molecule has 1 aliphatic heterocycles. The van der Waals surface area contributed by atoms with Crippen LogP contribution in [0.5, 0.6) is 0 Å². The number of urea groups is 1. The van der Waals surface area contributed by atoms with Crippen molar-refractivity contribution in [2.75, 3.05) is 36.5 Å². The van der Waals surface area contributed by atoms with Gasteiger partial charge in [0.05, 0.1) is 11.4 Å². The molecule has 1 atom stereocenters. The van der Waals surface area contributed by atoms with E-state index in [1.807, 2.05) is 36.2 Å². The highest BCUT2D eigenvalue weighted by Gasteiger charge is 2.28. The number of carboxylic acid groups (broad SMARTS) is 1. The molecule has 1 heterocycles. The molecular weight excluding hydrogens is 274 g/mol. The average molecular weight is 293 g/mol. The number of hydrogen-bond acceptors (Lipinski definition) is 4. The van der Waals surface area contributed by atoms with Gasteiger partial charge in [-0.05, 0) is 12.1 Å². The van der Waals surface area contributed by atoms with Crippen LogP contribution < -0.4 is 15.1 Å². The van der Waals surface area contributed by atoms with E-state index in [2.05, 4.69) is 5.32 Å². The minimum atomic E-state index is -1.15. The number of para-hydroxylation sites is 2. The van der Waals surface area contributed by atoms with Gasteiger partial charge in [-0.3, -0.25) is 4.90 Å². The minimum absolute atomic E-state index is 0.0174. The summed E-state index contributed by atoms with van der Waals surface area (Å²) in [6, 6.07) is 5.91. The Balaban J connectivity index is 2.17. The van der Waals surface area contributed by atoms with Crippen molar-refractivity contribution in [1.29, 1.82) is 0 Å². The summed E-state index contributed by atoms with van der Waals surface area (Å²) in [5.74, 6) is -1.15. The van der Waals surface area contributed by atoms with E-state index < -0.39 is 18.0 Å². The predicted octanol–water partition coefficient (Wildman–Crippen LogP) is 0.488. The molecule has 0 saturated heterocycles. The number of hydrogen-bond donors (Lipinski definition) is 3. The number of carbonyl (C=O) groups excluding carboxylic acids is 1. The van der Waals surface area contributed by atoms with Crippen molar-refractivity contribution in [3.05, 3.63) is 24.3 Å². The third-order valence-electron chi connectivity index (χ3n) is 3.50. The smallest absolute Gasteiger partial charge is 0.326 e. The van der Waals surface area contributed by atoms with Crippen LogP contribution in [0.2, 0.25) is 0 Å². The first kappa shape index (κ1) is 15.1. The van der Waals surface area contributed by atoms with E-state index in [4.69, 9.17) is 10.2 Å². The summed E-state index contributed by atoms with van der Waals surface area (Å²) in [5, 5.41) is 20.4. The van der Waals surface area contributed by atoms with Gasteiger partial charge in [-0.2, -0.15) is 0 Å². The van der Waals surface area contributed by atoms with E-state index in [1.54, 1.807) is 0 Å². The molecule has 1 aromatic carbocycles. The monoisotopic (exact) mass is 293 g/mol. The number of amides is 2. The highest BCUT2D eigenvalue weighted by Crippen LogP contribution is 2.31. The van der Waals surface area contributed by atoms with Gasteiger partial charge in [-0.25, -0.2) is 9.59 Å². The van der Waals surface area contributed by atoms with Gasteiger partial charge in [0, 0.05) is 33.2 Å². The Morgan fingerprint density at radius 2 is 1.95 bits per heavy atom. The molecule has 21 heavy (non-hydrogen) atoms. The molecule has 1 unspecified atom stereocenters. The zero-order valence-corrected chi connectivity index (χ0v) is 11.8. The van der Waals surface area contributed by atoms with Crippen LogP contribution in [0.4, 0.5) is 16.2 Å². The van der Waals surface area contributed by atoms with Crippen LogP contribution >= 0.6 is 0 Å². The van der Waals surface area contributed by atoms with Crippen molar-refractivity contribution in [3.63, 3.8) is 0 Å². The number of likely N-dealkylation sites (N-methyl/N-ethyl adjacent to an activating group) is 1. The van der Waals surface area contributed by atoms with Crippen molar-refractivity contribution < 1.29 is 19.8 Å². The van der Waals surface area contributed by atoms with Crippen molar-refractivity contribution >= 4 is 23.4 Å². The summed E-state index contributed by atoms with van der Waals surface area (Å²) in [5.41, 5.74) is 1.67. The SMILES string of the molecule is CN1CCN(C(=O)NC(CCO)C(=O)O)c2ccccc21. The largest absolute Gasteiger partial charge is 0.480 e. The third-order valence-corrected chi connectivity index (χ3v) is 3.50. The van der Waals surface area contributed by atoms with Crippen LogP contribution in [0.1, 0.15) is 6.42 Å². The molecule has 2 rings (SSSR count). The van der Waals surface area contributed by atoms with Crippen molar-refractivity contribution in [1.82, 2.24) is 5.32 Å². The molecule has 1 aliphatic rings. The fourth-order valence-corrected chi connectivity index (χ4v) is 2.33. The topological polar surface area (TPSA) is 93.1 Å². The van der Waals surface area contributed by atoms with Crippen molar-refractivity contribution in [3.8, 4) is 0 Å². The van der Waals surface area contributed by atoms with Crippen LogP contribution in [0, 0.1) is 0 Å². The van der Waals surface area contributed by atoms with Gasteiger partial charge in [0.25, 0.3) is 0 Å². The van der Waals surface area contributed by atoms with Crippen LogP contribution in [0.3, 0.4) is 0 Å². The standard InChI is InChI=1S/C14H19N3O4/c1-16-7-8-17(12-5-3-2-4-11(12)16)14(21)15-10(6-9-18)13(19)20/h2-5,10,18H,6-9H2,1H3,(H,15,21)(H,19,20). The summed E-state index contributed by atoms with van der Waals surface area (Å²) >= 11 is 0. The van der Waals surface area contributed by atoms with Gasteiger partial charge in [0.15, 0.2) is 0 Å². The molecule has 0 aliphatic carbocycles. The van der Waals surface area contributed by atoms with Gasteiger partial charge in [0.1, 0.15) is 6.04 Å². The van der Waals surface area contributed by atoms with Crippen molar-refractivity contribution in [2.45, 2.75) is 12.5 Å². The number of carboxylic acids is 1. The lowest BCUT2D eigenvalue weighted by molar-refractivity contribution is -0.139. The molecule has 0 bridgehead atoms. The molecule has 0 saturated carbocycles. The van der Waals surface area contributed by atoms with Crippen molar-refractivity contribution in [2.24, 2.45) is 0 Å². The Morgan fingerprint density at radius 1 is 1.29 bits per heavy atom. The maximum absolute atomic E-state index is 12.3. The molecule has 0 spiro atoms. The van der Waals surface area contributed by atoms with Crippen LogP contribution in [0.15, 0.2) is 24.3 Å². The molecular formula is C14H19N3O4. The number of anilines is 2. The van der Waals surface area contributed by atoms with E-state index >= 15 is 0 Å². The number of aliphatic hydroxyl groups is 1. The summed E-state index contributed by atoms with van der Waals surface area (Å²) in [7, 11) is 1.94. The van der Waals surface area contributed by atoms with Gasteiger partial charge >= 0.3 is 12.0 Å². The zero-order chi connectivity index (χ0) is 15.4. The van der Waals surface area contributed by atoms with Gasteiger partial charge in [0.2, 0.25) is 0 Å². The fraction of sp³-hybridized carbons (Fsp3) is 0.429. The number of fused-ring (bicyclic) bond motifs is 1. The van der Waals surface area contributed by atoms with Crippen LogP contribution in [-0.2, 0) is 4.79 Å². The maximum Gasteiger partial charge on any atom is 0.326 e. The maximum atomic E-state index is 12.3. The Morgan fingerprint density at radius 3 is 2.57 bits per heavy atom. The van der Waals surface area contributed by atoms with E-state index in [0.717, 1.165) is 11.4 Å². The van der Waals surface area contributed by atoms with E-state index in [1.165, 1.54) is 4.90 Å². The number of benzene rings is 1. The predicted molar refractivity (Wildman–Crippen MR) is 78.7 cm³/mol. The normalized spacial score (nSPS) is 15.3. The summed E-state index contributed by atoms with van der Waals surface area (Å²) < 4.78 is 0. The number of aliphatic carboxylic acids is 1. The van der Waals surface area contributed by atoms with Crippen LogP contribution in [0.25, 0.3) is 0 Å². The molecule has 7 nitrogen and oxygen atoms in total. The second-order valence-corrected chi connectivity index (χ2v) is 4.91. The molecule has 0 aromatic heterocycles. The highest BCUT2D eigenvalue weighted by molar-refractivity contribution is 5.98. The molecule has 3 N–H and O–H groups in total. The number of nitrogens with zero attached hydrogens (tertiary/aromatic N) is 2. The Hall–Kier alpha value is -2.28. The highest BCUT2D eigenvalue weighted by atomic mass is 16.4. The third kappa shape index (κ3) is 3.25. The number of rotatable bonds is 4. The average Bonchev–Trinajstić information content (AvgIpc) is 2.47. The molecule has 1 aromatic rings. The number of nitrogens with one attached hydrogen (secondary N) is 1. The summed E-state index contributed by atoms with van der Waals surface area (Å²) in [4.78, 5) is 26.9. The Kier molecular flexibility index (Phi) is 4.64. The van der Waals surface area contributed by atoms with E-state index in [9.17, 15) is 9.59 Å².